The van der Waals surface area contributed by atoms with Crippen LogP contribution in [-0.4, -0.2) is 59.5 Å². The average Bonchev–Trinajstić information content (AvgIpc) is 2.58. The van der Waals surface area contributed by atoms with E-state index in [2.05, 4.69) is 9.97 Å². The topological polar surface area (TPSA) is 73.8 Å². The standard InChI is InChI=1S/C15H20ClN3O4/c16-11-8-17-14(18-9-11)22-13-2-1-5-19(10-13)15(20)23-12-3-6-21-7-4-12/h8-9,12-13H,1-7,10H2. The number of ether oxygens (including phenoxy) is 3. The summed E-state index contributed by atoms with van der Waals surface area (Å²) < 4.78 is 16.5. The maximum atomic E-state index is 12.3. The van der Waals surface area contributed by atoms with Crippen LogP contribution >= 0.6 is 11.6 Å². The lowest BCUT2D eigenvalue weighted by molar-refractivity contribution is -0.0177. The molecule has 2 aliphatic heterocycles. The Hall–Kier alpha value is -1.60. The molecule has 23 heavy (non-hydrogen) atoms. The molecule has 7 nitrogen and oxygen atoms in total. The van der Waals surface area contributed by atoms with E-state index in [-0.39, 0.29) is 24.3 Å². The van der Waals surface area contributed by atoms with Gasteiger partial charge in [-0.1, -0.05) is 11.6 Å². The first kappa shape index (κ1) is 16.3. The normalized spacial score (nSPS) is 22.7. The number of hydrogen-bond acceptors (Lipinski definition) is 6. The molecule has 2 fully saturated rings. The number of piperidine rings is 1. The molecule has 1 atom stereocenters. The Kier molecular flexibility index (Phi) is 5.51. The summed E-state index contributed by atoms with van der Waals surface area (Å²) in [5.74, 6) is 0. The highest BCUT2D eigenvalue weighted by Crippen LogP contribution is 2.18. The molecule has 126 valence electrons. The van der Waals surface area contributed by atoms with Crippen LogP contribution in [0.15, 0.2) is 12.4 Å². The SMILES string of the molecule is O=C(OC1CCOCC1)N1CCCC(Oc2ncc(Cl)cn2)C1. The zero-order chi connectivity index (χ0) is 16.1. The molecule has 0 radical (unpaired) electrons. The lowest BCUT2D eigenvalue weighted by atomic mass is 10.1. The van der Waals surface area contributed by atoms with Crippen molar-refractivity contribution in [1.29, 1.82) is 0 Å². The molecule has 1 amide bonds. The summed E-state index contributed by atoms with van der Waals surface area (Å²) in [5.41, 5.74) is 0. The zero-order valence-corrected chi connectivity index (χ0v) is 13.6. The van der Waals surface area contributed by atoms with E-state index < -0.39 is 0 Å². The predicted molar refractivity (Wildman–Crippen MR) is 82.6 cm³/mol. The fraction of sp³-hybridized carbons (Fsp3) is 0.667. The van der Waals surface area contributed by atoms with Gasteiger partial charge in [-0.25, -0.2) is 14.8 Å². The van der Waals surface area contributed by atoms with E-state index in [1.54, 1.807) is 4.90 Å². The number of likely N-dealkylation sites (tertiary alicyclic amines) is 1. The van der Waals surface area contributed by atoms with E-state index in [9.17, 15) is 4.79 Å². The summed E-state index contributed by atoms with van der Waals surface area (Å²) in [6.07, 6.45) is 5.77. The Morgan fingerprint density at radius 1 is 1.22 bits per heavy atom. The molecular formula is C15H20ClN3O4. The van der Waals surface area contributed by atoms with Gasteiger partial charge in [-0.15, -0.1) is 0 Å². The van der Waals surface area contributed by atoms with Crippen LogP contribution in [-0.2, 0) is 9.47 Å². The van der Waals surface area contributed by atoms with Gasteiger partial charge in [0.15, 0.2) is 0 Å². The second kappa shape index (κ2) is 7.79. The van der Waals surface area contributed by atoms with Crippen LogP contribution in [0.5, 0.6) is 6.01 Å². The molecule has 2 aliphatic rings. The lowest BCUT2D eigenvalue weighted by Crippen LogP contribution is -2.46. The van der Waals surface area contributed by atoms with E-state index in [1.165, 1.54) is 12.4 Å². The Morgan fingerprint density at radius 2 is 1.96 bits per heavy atom. The molecular weight excluding hydrogens is 322 g/mol. The third-order valence-corrected chi connectivity index (χ3v) is 4.14. The Morgan fingerprint density at radius 3 is 2.70 bits per heavy atom. The number of carbonyl (C=O) groups excluding carboxylic acids is 1. The summed E-state index contributed by atoms with van der Waals surface area (Å²) in [4.78, 5) is 22.0. The highest BCUT2D eigenvalue weighted by atomic mass is 35.5. The van der Waals surface area contributed by atoms with E-state index in [4.69, 9.17) is 25.8 Å². The minimum atomic E-state index is -0.276. The fourth-order valence-corrected chi connectivity index (χ4v) is 2.82. The Labute approximate surface area is 139 Å². The molecule has 0 aliphatic carbocycles. The van der Waals surface area contributed by atoms with Gasteiger partial charge in [0.05, 0.1) is 37.2 Å². The maximum Gasteiger partial charge on any atom is 0.410 e. The van der Waals surface area contributed by atoms with Gasteiger partial charge in [0.1, 0.15) is 12.2 Å². The van der Waals surface area contributed by atoms with Crippen LogP contribution < -0.4 is 4.74 Å². The molecule has 2 saturated heterocycles. The molecule has 0 N–H and O–H groups in total. The number of carbonyl (C=O) groups is 1. The summed E-state index contributed by atoms with van der Waals surface area (Å²) in [6.45, 7) is 2.46. The van der Waals surface area contributed by atoms with Crippen molar-refractivity contribution in [2.24, 2.45) is 0 Å². The van der Waals surface area contributed by atoms with Crippen molar-refractivity contribution in [3.8, 4) is 6.01 Å². The number of hydrogen-bond donors (Lipinski definition) is 0. The second-order valence-corrected chi connectivity index (χ2v) is 6.14. The second-order valence-electron chi connectivity index (χ2n) is 5.71. The molecule has 1 aromatic rings. The van der Waals surface area contributed by atoms with Crippen molar-refractivity contribution in [3.05, 3.63) is 17.4 Å². The molecule has 0 bridgehead atoms. The maximum absolute atomic E-state index is 12.3. The molecule has 1 aromatic heterocycles. The molecule has 8 heteroatoms. The fourth-order valence-electron chi connectivity index (χ4n) is 2.72. The van der Waals surface area contributed by atoms with Crippen molar-refractivity contribution in [2.75, 3.05) is 26.3 Å². The van der Waals surface area contributed by atoms with Crippen molar-refractivity contribution < 1.29 is 19.0 Å². The number of halogens is 1. The van der Waals surface area contributed by atoms with E-state index >= 15 is 0 Å². The first-order valence-electron chi connectivity index (χ1n) is 7.88. The highest BCUT2D eigenvalue weighted by Gasteiger charge is 2.28. The van der Waals surface area contributed by atoms with Crippen molar-refractivity contribution in [1.82, 2.24) is 14.9 Å². The van der Waals surface area contributed by atoms with Crippen LogP contribution in [0.1, 0.15) is 25.7 Å². The third-order valence-electron chi connectivity index (χ3n) is 3.94. The van der Waals surface area contributed by atoms with Gasteiger partial charge >= 0.3 is 12.1 Å². The van der Waals surface area contributed by atoms with Crippen molar-refractivity contribution >= 4 is 17.7 Å². The number of amides is 1. The first-order chi connectivity index (χ1) is 11.2. The summed E-state index contributed by atoms with van der Waals surface area (Å²) in [5, 5.41) is 0.461. The predicted octanol–water partition coefficient (Wildman–Crippen LogP) is 2.29. The number of rotatable bonds is 3. The van der Waals surface area contributed by atoms with Crippen LogP contribution in [0.2, 0.25) is 5.02 Å². The number of aromatic nitrogens is 2. The summed E-state index contributed by atoms with van der Waals surface area (Å²) in [7, 11) is 0. The molecule has 0 spiro atoms. The van der Waals surface area contributed by atoms with Crippen LogP contribution in [0, 0.1) is 0 Å². The van der Waals surface area contributed by atoms with Crippen LogP contribution in [0.3, 0.4) is 0 Å². The molecule has 3 heterocycles. The Bertz CT molecular complexity index is 522. The van der Waals surface area contributed by atoms with Gasteiger partial charge in [-0.3, -0.25) is 0 Å². The Balaban J connectivity index is 1.50. The van der Waals surface area contributed by atoms with Gasteiger partial charge in [-0.2, -0.15) is 0 Å². The van der Waals surface area contributed by atoms with Crippen molar-refractivity contribution in [2.45, 2.75) is 37.9 Å². The molecule has 1 unspecified atom stereocenters. The van der Waals surface area contributed by atoms with Crippen LogP contribution in [0.4, 0.5) is 4.79 Å². The number of nitrogens with zero attached hydrogens (tertiary/aromatic N) is 3. The highest BCUT2D eigenvalue weighted by molar-refractivity contribution is 6.30. The first-order valence-corrected chi connectivity index (χ1v) is 8.26. The molecule has 0 aromatic carbocycles. The monoisotopic (exact) mass is 341 g/mol. The van der Waals surface area contributed by atoms with Crippen LogP contribution in [0.25, 0.3) is 0 Å². The third kappa shape index (κ3) is 4.68. The lowest BCUT2D eigenvalue weighted by Gasteiger charge is -2.33. The summed E-state index contributed by atoms with van der Waals surface area (Å²) >= 11 is 5.75. The van der Waals surface area contributed by atoms with Gasteiger partial charge in [0, 0.05) is 19.4 Å². The minimum absolute atomic E-state index is 0.0443. The zero-order valence-electron chi connectivity index (χ0n) is 12.8. The largest absolute Gasteiger partial charge is 0.458 e. The van der Waals surface area contributed by atoms with E-state index in [1.807, 2.05) is 0 Å². The van der Waals surface area contributed by atoms with Gasteiger partial charge in [0.2, 0.25) is 0 Å². The van der Waals surface area contributed by atoms with Gasteiger partial charge < -0.3 is 19.1 Å². The summed E-state index contributed by atoms with van der Waals surface area (Å²) in [6, 6.07) is 0.277. The van der Waals surface area contributed by atoms with E-state index in [0.717, 1.165) is 25.7 Å². The van der Waals surface area contributed by atoms with Gasteiger partial charge in [-0.05, 0) is 12.8 Å². The molecule has 3 rings (SSSR count). The quantitative estimate of drug-likeness (QED) is 0.839. The van der Waals surface area contributed by atoms with E-state index in [0.29, 0.717) is 31.3 Å². The van der Waals surface area contributed by atoms with Crippen molar-refractivity contribution in [3.63, 3.8) is 0 Å². The smallest absolute Gasteiger partial charge is 0.410 e. The molecule has 0 saturated carbocycles. The van der Waals surface area contributed by atoms with Gasteiger partial charge in [0.25, 0.3) is 0 Å². The minimum Gasteiger partial charge on any atom is -0.458 e. The average molecular weight is 342 g/mol.